The second kappa shape index (κ2) is 7.49. The lowest BCUT2D eigenvalue weighted by Gasteiger charge is -2.29. The fraction of sp³-hybridized carbons (Fsp3) is 0.273. The topological polar surface area (TPSA) is 32.7 Å². The van der Waals surface area contributed by atoms with E-state index in [4.69, 9.17) is 28.3 Å². The molecule has 1 saturated carbocycles. The average molecular weight is 399 g/mol. The van der Waals surface area contributed by atoms with E-state index in [-0.39, 0.29) is 17.9 Å². The summed E-state index contributed by atoms with van der Waals surface area (Å²) >= 11 is 12.0. The lowest BCUT2D eigenvalue weighted by molar-refractivity contribution is -0.131. The molecule has 2 unspecified atom stereocenters. The molecule has 2 aromatic rings. The molecule has 2 atom stereocenters. The third-order valence-corrected chi connectivity index (χ3v) is 5.75. The first-order chi connectivity index (χ1) is 13.0. The van der Waals surface area contributed by atoms with Gasteiger partial charge in [0.25, 0.3) is 0 Å². The van der Waals surface area contributed by atoms with E-state index in [1.807, 2.05) is 48.5 Å². The van der Waals surface area contributed by atoms with Gasteiger partial charge in [0.15, 0.2) is 0 Å². The summed E-state index contributed by atoms with van der Waals surface area (Å²) in [5.41, 5.74) is 4.41. The molecule has 5 heteroatoms. The molecule has 0 bridgehead atoms. The molecule has 1 amide bonds. The molecular weight excluding hydrogens is 379 g/mol. The normalized spacial score (nSPS) is 23.3. The van der Waals surface area contributed by atoms with Crippen molar-refractivity contribution in [3.63, 3.8) is 0 Å². The standard InChI is InChI=1S/C22H20Cl2N2O/c1-14(27)26-22(16-7-11-19(24)12-8-16)20-4-2-3-17(21(20)25-26)13-15-5-9-18(23)10-6-15/h5-13,20,22H,2-4H2,1H3/b17-13+. The fourth-order valence-electron chi connectivity index (χ4n) is 4.02. The molecule has 2 aliphatic rings. The van der Waals surface area contributed by atoms with Gasteiger partial charge in [-0.25, -0.2) is 5.01 Å². The summed E-state index contributed by atoms with van der Waals surface area (Å²) in [6, 6.07) is 15.5. The maximum absolute atomic E-state index is 12.3. The van der Waals surface area contributed by atoms with E-state index >= 15 is 0 Å². The highest BCUT2D eigenvalue weighted by Gasteiger charge is 2.42. The Morgan fingerprint density at radius 2 is 1.70 bits per heavy atom. The number of carbonyl (C=O) groups excluding carboxylic acids is 1. The van der Waals surface area contributed by atoms with Crippen LogP contribution in [-0.4, -0.2) is 16.6 Å². The van der Waals surface area contributed by atoms with Gasteiger partial charge in [-0.1, -0.05) is 47.5 Å². The molecule has 138 valence electrons. The van der Waals surface area contributed by atoms with E-state index in [9.17, 15) is 4.79 Å². The van der Waals surface area contributed by atoms with Crippen LogP contribution in [0.4, 0.5) is 0 Å². The van der Waals surface area contributed by atoms with Crippen LogP contribution in [0.25, 0.3) is 6.08 Å². The molecule has 1 heterocycles. The van der Waals surface area contributed by atoms with E-state index < -0.39 is 0 Å². The van der Waals surface area contributed by atoms with Gasteiger partial charge < -0.3 is 0 Å². The summed E-state index contributed by atoms with van der Waals surface area (Å²) in [5, 5.41) is 7.82. The zero-order chi connectivity index (χ0) is 19.0. The minimum absolute atomic E-state index is 0.0392. The predicted octanol–water partition coefficient (Wildman–Crippen LogP) is 6.14. The van der Waals surface area contributed by atoms with Gasteiger partial charge in [-0.3, -0.25) is 4.79 Å². The third kappa shape index (κ3) is 3.67. The maximum Gasteiger partial charge on any atom is 0.240 e. The Morgan fingerprint density at radius 3 is 2.33 bits per heavy atom. The van der Waals surface area contributed by atoms with Gasteiger partial charge in [-0.15, -0.1) is 0 Å². The van der Waals surface area contributed by atoms with E-state index in [0.29, 0.717) is 5.02 Å². The van der Waals surface area contributed by atoms with E-state index in [0.717, 1.165) is 41.1 Å². The molecule has 0 N–H and O–H groups in total. The highest BCUT2D eigenvalue weighted by molar-refractivity contribution is 6.30. The van der Waals surface area contributed by atoms with Gasteiger partial charge in [-0.2, -0.15) is 5.10 Å². The molecule has 1 aliphatic heterocycles. The average Bonchev–Trinajstić information content (AvgIpc) is 3.05. The van der Waals surface area contributed by atoms with Crippen LogP contribution < -0.4 is 0 Å². The van der Waals surface area contributed by atoms with Crippen LogP contribution in [0.15, 0.2) is 59.2 Å². The Hall–Kier alpha value is -2.10. The predicted molar refractivity (Wildman–Crippen MR) is 111 cm³/mol. The van der Waals surface area contributed by atoms with Crippen molar-refractivity contribution in [2.24, 2.45) is 11.0 Å². The SMILES string of the molecule is CC(=O)N1N=C2/C(=C/c3ccc(Cl)cc3)CCCC2C1c1ccc(Cl)cc1. The van der Waals surface area contributed by atoms with E-state index in [2.05, 4.69) is 6.08 Å². The largest absolute Gasteiger partial charge is 0.273 e. The first-order valence-electron chi connectivity index (χ1n) is 9.13. The third-order valence-electron chi connectivity index (χ3n) is 5.25. The number of fused-ring (bicyclic) bond motifs is 1. The number of hydrogen-bond donors (Lipinski definition) is 0. The minimum atomic E-state index is -0.0660. The Balaban J connectivity index is 1.72. The summed E-state index contributed by atoms with van der Waals surface area (Å²) < 4.78 is 0. The van der Waals surface area contributed by atoms with Crippen LogP contribution in [0.5, 0.6) is 0 Å². The Bertz CT molecular complexity index is 916. The fourth-order valence-corrected chi connectivity index (χ4v) is 4.27. The van der Waals surface area contributed by atoms with Crippen molar-refractivity contribution < 1.29 is 4.79 Å². The van der Waals surface area contributed by atoms with Crippen LogP contribution in [0.2, 0.25) is 10.0 Å². The van der Waals surface area contributed by atoms with Crippen LogP contribution in [-0.2, 0) is 4.79 Å². The molecule has 4 rings (SSSR count). The first-order valence-corrected chi connectivity index (χ1v) is 9.89. The number of hydrazone groups is 1. The van der Waals surface area contributed by atoms with Crippen molar-refractivity contribution in [3.05, 3.63) is 75.3 Å². The van der Waals surface area contributed by atoms with Gasteiger partial charge in [0, 0.05) is 22.9 Å². The van der Waals surface area contributed by atoms with Crippen molar-refractivity contribution >= 4 is 40.9 Å². The highest BCUT2D eigenvalue weighted by atomic mass is 35.5. The molecule has 1 aliphatic carbocycles. The molecule has 2 aromatic carbocycles. The number of benzene rings is 2. The molecule has 1 fully saturated rings. The number of rotatable bonds is 2. The molecule has 0 aromatic heterocycles. The molecule has 27 heavy (non-hydrogen) atoms. The quantitative estimate of drug-likeness (QED) is 0.597. The summed E-state index contributed by atoms with van der Waals surface area (Å²) in [5.74, 6) is 0.171. The second-order valence-electron chi connectivity index (χ2n) is 7.07. The molecule has 0 radical (unpaired) electrons. The molecule has 0 spiro atoms. The van der Waals surface area contributed by atoms with Gasteiger partial charge in [-0.05, 0) is 66.3 Å². The minimum Gasteiger partial charge on any atom is -0.273 e. The molecule has 3 nitrogen and oxygen atoms in total. The zero-order valence-corrected chi connectivity index (χ0v) is 16.5. The van der Waals surface area contributed by atoms with Gasteiger partial charge in [0.2, 0.25) is 5.91 Å². The van der Waals surface area contributed by atoms with E-state index in [1.54, 1.807) is 11.9 Å². The van der Waals surface area contributed by atoms with Crippen LogP contribution >= 0.6 is 23.2 Å². The van der Waals surface area contributed by atoms with Crippen molar-refractivity contribution in [3.8, 4) is 0 Å². The maximum atomic E-state index is 12.3. The Kier molecular flexibility index (Phi) is 5.07. The summed E-state index contributed by atoms with van der Waals surface area (Å²) in [6.07, 6.45) is 5.24. The molecular formula is C22H20Cl2N2O. The summed E-state index contributed by atoms with van der Waals surface area (Å²) in [7, 11) is 0. The van der Waals surface area contributed by atoms with Crippen LogP contribution in [0.3, 0.4) is 0 Å². The molecule has 0 saturated heterocycles. The smallest absolute Gasteiger partial charge is 0.240 e. The number of carbonyl (C=O) groups is 1. The Morgan fingerprint density at radius 1 is 1.07 bits per heavy atom. The lowest BCUT2D eigenvalue weighted by atomic mass is 9.77. The van der Waals surface area contributed by atoms with Gasteiger partial charge >= 0.3 is 0 Å². The van der Waals surface area contributed by atoms with Crippen molar-refractivity contribution in [2.75, 3.05) is 0 Å². The van der Waals surface area contributed by atoms with Gasteiger partial charge in [0.1, 0.15) is 0 Å². The second-order valence-corrected chi connectivity index (χ2v) is 7.94. The lowest BCUT2D eigenvalue weighted by Crippen LogP contribution is -2.30. The van der Waals surface area contributed by atoms with Gasteiger partial charge in [0.05, 0.1) is 11.8 Å². The van der Waals surface area contributed by atoms with Crippen LogP contribution in [0, 0.1) is 5.92 Å². The summed E-state index contributed by atoms with van der Waals surface area (Å²) in [4.78, 5) is 12.3. The number of amides is 1. The monoisotopic (exact) mass is 398 g/mol. The number of allylic oxidation sites excluding steroid dienone is 1. The van der Waals surface area contributed by atoms with Crippen LogP contribution in [0.1, 0.15) is 43.4 Å². The number of nitrogens with zero attached hydrogens (tertiary/aromatic N) is 2. The highest BCUT2D eigenvalue weighted by Crippen LogP contribution is 2.44. The number of halogens is 2. The zero-order valence-electron chi connectivity index (χ0n) is 15.0. The van der Waals surface area contributed by atoms with Crippen molar-refractivity contribution in [1.29, 1.82) is 0 Å². The number of hydrogen-bond acceptors (Lipinski definition) is 2. The van der Waals surface area contributed by atoms with E-state index in [1.165, 1.54) is 5.57 Å². The van der Waals surface area contributed by atoms with Crippen molar-refractivity contribution in [2.45, 2.75) is 32.2 Å². The van der Waals surface area contributed by atoms with Crippen molar-refractivity contribution in [1.82, 2.24) is 5.01 Å². The first kappa shape index (κ1) is 18.3. The summed E-state index contributed by atoms with van der Waals surface area (Å²) in [6.45, 7) is 1.58. The Labute approximate surface area is 169 Å².